The number of hydrogen-bond acceptors (Lipinski definition) is 3. The molecular formula is C10H11F3N2O2S. The molecule has 1 aromatic carbocycles. The topological polar surface area (TPSA) is 58.2 Å². The summed E-state index contributed by atoms with van der Waals surface area (Å²) >= 11 is 0. The van der Waals surface area contributed by atoms with E-state index in [4.69, 9.17) is 0 Å². The zero-order valence-electron chi connectivity index (χ0n) is 9.21. The number of nitrogens with one attached hydrogen (secondary N) is 2. The minimum absolute atomic E-state index is 0.231. The fourth-order valence-corrected chi connectivity index (χ4v) is 3.15. The van der Waals surface area contributed by atoms with Crippen LogP contribution in [0.4, 0.5) is 18.9 Å². The Morgan fingerprint density at radius 2 is 2.00 bits per heavy atom. The van der Waals surface area contributed by atoms with Crippen LogP contribution in [0.15, 0.2) is 12.1 Å². The van der Waals surface area contributed by atoms with Crippen molar-refractivity contribution in [1.29, 1.82) is 0 Å². The van der Waals surface area contributed by atoms with E-state index in [1.54, 1.807) is 0 Å². The second-order valence-corrected chi connectivity index (χ2v) is 5.97. The standard InChI is InChI=1S/C10H11F3N2O2S/c11-6-3-8(12)10(13)9(4-6)15-18(16,17)7-1-2-14-5-7/h3-4,7,14-15H,1-2,5H2. The summed E-state index contributed by atoms with van der Waals surface area (Å²) in [6, 6.07) is 0.961. The summed E-state index contributed by atoms with van der Waals surface area (Å²) in [6.45, 7) is 0.764. The predicted octanol–water partition coefficient (Wildman–Crippen LogP) is 1.21. The molecule has 2 rings (SSSR count). The van der Waals surface area contributed by atoms with Gasteiger partial charge in [-0.1, -0.05) is 0 Å². The molecule has 1 fully saturated rings. The summed E-state index contributed by atoms with van der Waals surface area (Å²) in [4.78, 5) is 0. The molecule has 1 aliphatic rings. The van der Waals surface area contributed by atoms with Gasteiger partial charge in [0.25, 0.3) is 0 Å². The number of sulfonamides is 1. The molecule has 0 bridgehead atoms. The van der Waals surface area contributed by atoms with Crippen LogP contribution in [0.25, 0.3) is 0 Å². The van der Waals surface area contributed by atoms with Crippen molar-refractivity contribution in [3.63, 3.8) is 0 Å². The Morgan fingerprint density at radius 1 is 1.28 bits per heavy atom. The Labute approximate surface area is 102 Å². The lowest BCUT2D eigenvalue weighted by Crippen LogP contribution is -2.30. The first kappa shape index (κ1) is 13.2. The van der Waals surface area contributed by atoms with Crippen LogP contribution < -0.4 is 10.0 Å². The first-order chi connectivity index (χ1) is 8.40. The van der Waals surface area contributed by atoms with Crippen LogP contribution >= 0.6 is 0 Å². The average molecular weight is 280 g/mol. The number of halogens is 3. The van der Waals surface area contributed by atoms with E-state index in [1.807, 2.05) is 4.72 Å². The van der Waals surface area contributed by atoms with Crippen molar-refractivity contribution in [3.05, 3.63) is 29.6 Å². The third-order valence-electron chi connectivity index (χ3n) is 2.70. The van der Waals surface area contributed by atoms with Gasteiger partial charge in [0.05, 0.1) is 10.9 Å². The molecule has 0 saturated carbocycles. The molecule has 100 valence electrons. The molecule has 0 radical (unpaired) electrons. The summed E-state index contributed by atoms with van der Waals surface area (Å²) in [7, 11) is -3.85. The quantitative estimate of drug-likeness (QED) is 0.818. The van der Waals surface area contributed by atoms with Crippen LogP contribution in [0.5, 0.6) is 0 Å². The Balaban J connectivity index is 2.28. The Bertz CT molecular complexity index is 556. The van der Waals surface area contributed by atoms with Gasteiger partial charge in [0.15, 0.2) is 11.6 Å². The van der Waals surface area contributed by atoms with Crippen molar-refractivity contribution in [2.24, 2.45) is 0 Å². The van der Waals surface area contributed by atoms with Crippen molar-refractivity contribution in [1.82, 2.24) is 5.32 Å². The SMILES string of the molecule is O=S(=O)(Nc1cc(F)cc(F)c1F)C1CCNC1. The maximum absolute atomic E-state index is 13.3. The lowest BCUT2D eigenvalue weighted by Gasteiger charge is -2.13. The second-order valence-electron chi connectivity index (χ2n) is 4.01. The third-order valence-corrected chi connectivity index (χ3v) is 4.48. The normalized spacial score (nSPS) is 20.1. The van der Waals surface area contributed by atoms with Crippen LogP contribution in [0, 0.1) is 17.5 Å². The van der Waals surface area contributed by atoms with E-state index >= 15 is 0 Å². The average Bonchev–Trinajstić information content (AvgIpc) is 2.78. The molecule has 0 aromatic heterocycles. The molecule has 1 saturated heterocycles. The molecular weight excluding hydrogens is 269 g/mol. The van der Waals surface area contributed by atoms with Crippen LogP contribution in [-0.4, -0.2) is 26.8 Å². The first-order valence-electron chi connectivity index (χ1n) is 5.27. The van der Waals surface area contributed by atoms with Gasteiger partial charge in [-0.2, -0.15) is 0 Å². The van der Waals surface area contributed by atoms with Crippen molar-refractivity contribution in [2.75, 3.05) is 17.8 Å². The number of hydrogen-bond donors (Lipinski definition) is 2. The largest absolute Gasteiger partial charge is 0.315 e. The third kappa shape index (κ3) is 2.59. The van der Waals surface area contributed by atoms with Crippen LogP contribution in [0.2, 0.25) is 0 Å². The minimum Gasteiger partial charge on any atom is -0.315 e. The summed E-state index contributed by atoms with van der Waals surface area (Å²) in [5.41, 5.74) is -0.709. The van der Waals surface area contributed by atoms with E-state index in [0.717, 1.165) is 0 Å². The molecule has 18 heavy (non-hydrogen) atoms. The predicted molar refractivity (Wildman–Crippen MR) is 60.1 cm³/mol. The van der Waals surface area contributed by atoms with Gasteiger partial charge in [-0.25, -0.2) is 21.6 Å². The molecule has 0 amide bonds. The van der Waals surface area contributed by atoms with Gasteiger partial charge in [-0.15, -0.1) is 0 Å². The van der Waals surface area contributed by atoms with E-state index in [1.165, 1.54) is 0 Å². The van der Waals surface area contributed by atoms with E-state index in [-0.39, 0.29) is 6.54 Å². The molecule has 0 aliphatic carbocycles. The molecule has 1 aliphatic heterocycles. The summed E-state index contributed by atoms with van der Waals surface area (Å²) in [6.07, 6.45) is 0.370. The second kappa shape index (κ2) is 4.77. The van der Waals surface area contributed by atoms with E-state index in [9.17, 15) is 21.6 Å². The number of anilines is 1. The maximum Gasteiger partial charge on any atom is 0.237 e. The van der Waals surface area contributed by atoms with Crippen LogP contribution in [0.3, 0.4) is 0 Å². The molecule has 1 atom stereocenters. The molecule has 8 heteroatoms. The van der Waals surface area contributed by atoms with Gasteiger partial charge in [-0.3, -0.25) is 4.72 Å². The van der Waals surface area contributed by atoms with E-state index in [0.29, 0.717) is 25.1 Å². The molecule has 4 nitrogen and oxygen atoms in total. The fourth-order valence-electron chi connectivity index (χ4n) is 1.76. The van der Waals surface area contributed by atoms with Crippen molar-refractivity contribution in [2.45, 2.75) is 11.7 Å². The van der Waals surface area contributed by atoms with Crippen molar-refractivity contribution >= 4 is 15.7 Å². The maximum atomic E-state index is 13.3. The van der Waals surface area contributed by atoms with Crippen molar-refractivity contribution < 1.29 is 21.6 Å². The van der Waals surface area contributed by atoms with E-state index in [2.05, 4.69) is 5.32 Å². The minimum atomic E-state index is -3.85. The zero-order valence-corrected chi connectivity index (χ0v) is 10.0. The zero-order chi connectivity index (χ0) is 13.3. The lowest BCUT2D eigenvalue weighted by molar-refractivity contribution is 0.498. The highest BCUT2D eigenvalue weighted by Crippen LogP contribution is 2.22. The Kier molecular flexibility index (Phi) is 3.49. The molecule has 0 spiro atoms. The highest BCUT2D eigenvalue weighted by molar-refractivity contribution is 7.93. The number of benzene rings is 1. The molecule has 2 N–H and O–H groups in total. The Hall–Kier alpha value is -1.28. The van der Waals surface area contributed by atoms with Gasteiger partial charge in [0, 0.05) is 18.7 Å². The smallest absolute Gasteiger partial charge is 0.237 e. The summed E-state index contributed by atoms with van der Waals surface area (Å²) in [5, 5.41) is 2.11. The highest BCUT2D eigenvalue weighted by atomic mass is 32.2. The summed E-state index contributed by atoms with van der Waals surface area (Å²) in [5.74, 6) is -3.89. The van der Waals surface area contributed by atoms with Crippen LogP contribution in [-0.2, 0) is 10.0 Å². The number of rotatable bonds is 3. The molecule has 1 heterocycles. The van der Waals surface area contributed by atoms with Gasteiger partial charge < -0.3 is 5.32 Å². The lowest BCUT2D eigenvalue weighted by atomic mass is 10.3. The van der Waals surface area contributed by atoms with Gasteiger partial charge in [-0.05, 0) is 13.0 Å². The van der Waals surface area contributed by atoms with Gasteiger partial charge in [0.1, 0.15) is 5.82 Å². The molecule has 1 aromatic rings. The summed E-state index contributed by atoms with van der Waals surface area (Å²) < 4.78 is 64.7. The molecule has 1 unspecified atom stereocenters. The van der Waals surface area contributed by atoms with E-state index < -0.39 is 38.4 Å². The first-order valence-corrected chi connectivity index (χ1v) is 6.81. The van der Waals surface area contributed by atoms with Gasteiger partial charge in [0.2, 0.25) is 10.0 Å². The Morgan fingerprint density at radius 3 is 2.61 bits per heavy atom. The van der Waals surface area contributed by atoms with Gasteiger partial charge >= 0.3 is 0 Å². The highest BCUT2D eigenvalue weighted by Gasteiger charge is 2.29. The van der Waals surface area contributed by atoms with Crippen molar-refractivity contribution in [3.8, 4) is 0 Å². The van der Waals surface area contributed by atoms with Crippen LogP contribution in [0.1, 0.15) is 6.42 Å². The monoisotopic (exact) mass is 280 g/mol. The fraction of sp³-hybridized carbons (Fsp3) is 0.400.